The van der Waals surface area contributed by atoms with Crippen LogP contribution in [0.25, 0.3) is 0 Å². The lowest BCUT2D eigenvalue weighted by molar-refractivity contribution is -0.137. The van der Waals surface area contributed by atoms with Gasteiger partial charge in [0.1, 0.15) is 12.1 Å². The number of carbonyl (C=O) groups is 3. The summed E-state index contributed by atoms with van der Waals surface area (Å²) in [4.78, 5) is 35.2. The van der Waals surface area contributed by atoms with Crippen LogP contribution in [0.2, 0.25) is 0 Å². The van der Waals surface area contributed by atoms with Crippen molar-refractivity contribution < 1.29 is 27.6 Å². The predicted molar refractivity (Wildman–Crippen MR) is 88.7 cm³/mol. The minimum Gasteiger partial charge on any atom is -0.368 e. The van der Waals surface area contributed by atoms with Crippen molar-refractivity contribution >= 4 is 17.7 Å². The molecule has 0 fully saturated rings. The van der Waals surface area contributed by atoms with Gasteiger partial charge in [0.2, 0.25) is 17.7 Å². The molecule has 1 aromatic rings. The number of hydrogen-bond acceptors (Lipinski definition) is 3. The topological polar surface area (TPSA) is 101 Å². The molecule has 0 aliphatic heterocycles. The first-order valence-corrected chi connectivity index (χ1v) is 7.94. The van der Waals surface area contributed by atoms with Crippen molar-refractivity contribution in [2.24, 2.45) is 11.7 Å². The molecule has 0 radical (unpaired) electrons. The molecule has 0 saturated carbocycles. The van der Waals surface area contributed by atoms with E-state index in [-0.39, 0.29) is 12.3 Å². The van der Waals surface area contributed by atoms with Gasteiger partial charge in [-0.15, -0.1) is 0 Å². The van der Waals surface area contributed by atoms with Gasteiger partial charge in [-0.3, -0.25) is 14.4 Å². The minimum absolute atomic E-state index is 0.0654. The number of carbonyl (C=O) groups excluding carboxylic acids is 3. The van der Waals surface area contributed by atoms with Gasteiger partial charge in [-0.05, 0) is 23.6 Å². The maximum atomic E-state index is 12.6. The van der Waals surface area contributed by atoms with E-state index >= 15 is 0 Å². The molecule has 3 amide bonds. The molecule has 0 bridgehead atoms. The standard InChI is InChI=1S/C17H22F3N3O3/c1-9(2)14(22-10(3)24)16(26)23-13(15(21)25)8-11-4-6-12(7-5-11)17(18,19)20/h4-7,9,13-14H,8H2,1-3H3,(H2,21,25)(H,22,24)(H,23,26)/t13-,14+/m0/s1. The number of rotatable bonds is 7. The lowest BCUT2D eigenvalue weighted by atomic mass is 10.0. The fraction of sp³-hybridized carbons (Fsp3) is 0.471. The van der Waals surface area contributed by atoms with E-state index in [1.54, 1.807) is 13.8 Å². The molecule has 1 rings (SSSR count). The summed E-state index contributed by atoms with van der Waals surface area (Å²) in [7, 11) is 0. The first-order valence-electron chi connectivity index (χ1n) is 7.94. The second-order valence-electron chi connectivity index (χ2n) is 6.28. The third-order valence-corrected chi connectivity index (χ3v) is 3.69. The molecule has 0 aromatic heterocycles. The number of benzene rings is 1. The summed E-state index contributed by atoms with van der Waals surface area (Å²) in [5.74, 6) is -2.06. The summed E-state index contributed by atoms with van der Waals surface area (Å²) in [5, 5.41) is 4.93. The van der Waals surface area contributed by atoms with E-state index < -0.39 is 41.5 Å². The molecule has 0 aliphatic carbocycles. The maximum Gasteiger partial charge on any atom is 0.416 e. The van der Waals surface area contributed by atoms with Crippen LogP contribution in [0, 0.1) is 5.92 Å². The molecule has 2 atom stereocenters. The molecule has 144 valence electrons. The van der Waals surface area contributed by atoms with Crippen LogP contribution in [0.5, 0.6) is 0 Å². The Balaban J connectivity index is 2.87. The maximum absolute atomic E-state index is 12.6. The van der Waals surface area contributed by atoms with Crippen LogP contribution in [0.1, 0.15) is 31.9 Å². The smallest absolute Gasteiger partial charge is 0.368 e. The fourth-order valence-corrected chi connectivity index (χ4v) is 2.30. The summed E-state index contributed by atoms with van der Waals surface area (Å²) in [6.45, 7) is 4.70. The molecule has 0 unspecified atom stereocenters. The van der Waals surface area contributed by atoms with Crippen molar-refractivity contribution in [2.75, 3.05) is 0 Å². The average Bonchev–Trinajstić information content (AvgIpc) is 2.50. The van der Waals surface area contributed by atoms with Gasteiger partial charge in [-0.2, -0.15) is 13.2 Å². The van der Waals surface area contributed by atoms with Crippen LogP contribution in [-0.2, 0) is 27.0 Å². The van der Waals surface area contributed by atoms with Crippen molar-refractivity contribution in [1.82, 2.24) is 10.6 Å². The van der Waals surface area contributed by atoms with Gasteiger partial charge in [0.15, 0.2) is 0 Å². The highest BCUT2D eigenvalue weighted by Crippen LogP contribution is 2.29. The zero-order valence-corrected chi connectivity index (χ0v) is 14.7. The van der Waals surface area contributed by atoms with E-state index in [1.807, 2.05) is 0 Å². The Morgan fingerprint density at radius 2 is 1.62 bits per heavy atom. The van der Waals surface area contributed by atoms with E-state index in [9.17, 15) is 27.6 Å². The van der Waals surface area contributed by atoms with E-state index in [1.165, 1.54) is 19.1 Å². The quantitative estimate of drug-likeness (QED) is 0.673. The van der Waals surface area contributed by atoms with Crippen molar-refractivity contribution in [3.8, 4) is 0 Å². The molecule has 0 aliphatic rings. The Morgan fingerprint density at radius 1 is 1.08 bits per heavy atom. The lowest BCUT2D eigenvalue weighted by Gasteiger charge is -2.24. The van der Waals surface area contributed by atoms with Gasteiger partial charge in [-0.1, -0.05) is 26.0 Å². The van der Waals surface area contributed by atoms with Crippen molar-refractivity contribution in [2.45, 2.75) is 45.5 Å². The van der Waals surface area contributed by atoms with Gasteiger partial charge < -0.3 is 16.4 Å². The second-order valence-corrected chi connectivity index (χ2v) is 6.28. The van der Waals surface area contributed by atoms with Crippen LogP contribution in [0.4, 0.5) is 13.2 Å². The van der Waals surface area contributed by atoms with E-state index in [0.717, 1.165) is 12.1 Å². The van der Waals surface area contributed by atoms with E-state index in [4.69, 9.17) is 5.73 Å². The number of amides is 3. The summed E-state index contributed by atoms with van der Waals surface area (Å²) in [6, 6.07) is 2.25. The average molecular weight is 373 g/mol. The van der Waals surface area contributed by atoms with Crippen molar-refractivity contribution in [3.05, 3.63) is 35.4 Å². The Bertz CT molecular complexity index is 657. The number of halogens is 3. The molecule has 0 saturated heterocycles. The third kappa shape index (κ3) is 6.38. The summed E-state index contributed by atoms with van der Waals surface area (Å²) in [6.07, 6.45) is -4.53. The molecule has 0 heterocycles. The highest BCUT2D eigenvalue weighted by atomic mass is 19.4. The SMILES string of the molecule is CC(=O)N[C@@H](C(=O)N[C@@H](Cc1ccc(C(F)(F)F)cc1)C(N)=O)C(C)C. The highest BCUT2D eigenvalue weighted by molar-refractivity contribution is 5.91. The number of nitrogens with one attached hydrogen (secondary N) is 2. The summed E-state index contributed by atoms with van der Waals surface area (Å²) < 4.78 is 37.8. The summed E-state index contributed by atoms with van der Waals surface area (Å²) >= 11 is 0. The molecular formula is C17H22F3N3O3. The van der Waals surface area contributed by atoms with Gasteiger partial charge in [-0.25, -0.2) is 0 Å². The molecular weight excluding hydrogens is 351 g/mol. The Hall–Kier alpha value is -2.58. The molecule has 6 nitrogen and oxygen atoms in total. The zero-order valence-electron chi connectivity index (χ0n) is 14.7. The molecule has 1 aromatic carbocycles. The predicted octanol–water partition coefficient (Wildman–Crippen LogP) is 1.38. The normalized spacial score (nSPS) is 13.8. The van der Waals surface area contributed by atoms with Crippen LogP contribution in [0.3, 0.4) is 0 Å². The van der Waals surface area contributed by atoms with Crippen LogP contribution in [0.15, 0.2) is 24.3 Å². The monoisotopic (exact) mass is 373 g/mol. The molecule has 4 N–H and O–H groups in total. The molecule has 9 heteroatoms. The zero-order chi connectivity index (χ0) is 20.1. The fourth-order valence-electron chi connectivity index (χ4n) is 2.30. The van der Waals surface area contributed by atoms with Gasteiger partial charge >= 0.3 is 6.18 Å². The molecule has 26 heavy (non-hydrogen) atoms. The van der Waals surface area contributed by atoms with Gasteiger partial charge in [0, 0.05) is 13.3 Å². The molecule has 0 spiro atoms. The van der Waals surface area contributed by atoms with Crippen LogP contribution in [-0.4, -0.2) is 29.8 Å². The number of hydrogen-bond donors (Lipinski definition) is 3. The van der Waals surface area contributed by atoms with E-state index in [0.29, 0.717) is 5.56 Å². The Morgan fingerprint density at radius 3 is 2.00 bits per heavy atom. The van der Waals surface area contributed by atoms with Crippen LogP contribution >= 0.6 is 0 Å². The van der Waals surface area contributed by atoms with Crippen molar-refractivity contribution in [1.29, 1.82) is 0 Å². The number of alkyl halides is 3. The lowest BCUT2D eigenvalue weighted by Crippen LogP contribution is -2.55. The van der Waals surface area contributed by atoms with Gasteiger partial charge in [0.25, 0.3) is 0 Å². The highest BCUT2D eigenvalue weighted by Gasteiger charge is 2.30. The largest absolute Gasteiger partial charge is 0.416 e. The first kappa shape index (κ1) is 21.5. The third-order valence-electron chi connectivity index (χ3n) is 3.69. The Labute approximate surface area is 149 Å². The first-order chi connectivity index (χ1) is 11.9. The van der Waals surface area contributed by atoms with Gasteiger partial charge in [0.05, 0.1) is 5.56 Å². The summed E-state index contributed by atoms with van der Waals surface area (Å²) in [5.41, 5.74) is 4.88. The second kappa shape index (κ2) is 8.68. The Kier molecular flexibility index (Phi) is 7.17. The number of primary amides is 1. The number of nitrogens with two attached hydrogens (primary N) is 1. The minimum atomic E-state index is -4.46. The van der Waals surface area contributed by atoms with E-state index in [2.05, 4.69) is 10.6 Å². The van der Waals surface area contributed by atoms with Crippen molar-refractivity contribution in [3.63, 3.8) is 0 Å². The van der Waals surface area contributed by atoms with Crippen LogP contribution < -0.4 is 16.4 Å².